The van der Waals surface area contributed by atoms with Crippen LogP contribution in [0, 0.1) is 5.92 Å². The lowest BCUT2D eigenvalue weighted by molar-refractivity contribution is -0.137. The van der Waals surface area contributed by atoms with Crippen molar-refractivity contribution in [3.8, 4) is 0 Å². The van der Waals surface area contributed by atoms with Crippen LogP contribution in [0.2, 0.25) is 0 Å². The highest BCUT2D eigenvalue weighted by molar-refractivity contribution is 5.66. The minimum Gasteiger partial charge on any atom is -0.481 e. The summed E-state index contributed by atoms with van der Waals surface area (Å²) >= 11 is 0. The Morgan fingerprint density at radius 3 is 1.67 bits per heavy atom. The Balaban J connectivity index is 0. The van der Waals surface area contributed by atoms with Crippen LogP contribution in [0.4, 0.5) is 0 Å². The van der Waals surface area contributed by atoms with Crippen molar-refractivity contribution < 1.29 is 15.0 Å². The summed E-state index contributed by atoms with van der Waals surface area (Å²) in [6.45, 7) is 7.02. The number of carbonyl (C=O) groups is 1. The Labute approximate surface area is 151 Å². The van der Waals surface area contributed by atoms with Crippen LogP contribution in [0.3, 0.4) is 0 Å². The number of carboxylic acids is 1. The molecule has 0 rings (SSSR count). The zero-order valence-electron chi connectivity index (χ0n) is 16.7. The molecular formula is C21H44O3. The van der Waals surface area contributed by atoms with Crippen molar-refractivity contribution in [2.75, 3.05) is 6.61 Å². The van der Waals surface area contributed by atoms with Crippen molar-refractivity contribution in [1.29, 1.82) is 0 Å². The molecule has 0 aromatic carbocycles. The third-order valence-corrected chi connectivity index (χ3v) is 4.43. The van der Waals surface area contributed by atoms with Gasteiger partial charge in [0.25, 0.3) is 0 Å². The zero-order chi connectivity index (χ0) is 18.5. The van der Waals surface area contributed by atoms with Crippen LogP contribution in [0.25, 0.3) is 0 Å². The van der Waals surface area contributed by atoms with E-state index in [0.29, 0.717) is 18.9 Å². The third-order valence-electron chi connectivity index (χ3n) is 4.43. The Hall–Kier alpha value is -0.570. The Kier molecular flexibility index (Phi) is 24.0. The van der Waals surface area contributed by atoms with E-state index in [9.17, 15) is 4.79 Å². The molecule has 0 fully saturated rings. The topological polar surface area (TPSA) is 57.5 Å². The molecule has 2 N–H and O–H groups in total. The summed E-state index contributed by atoms with van der Waals surface area (Å²) in [6, 6.07) is 0. The maximum absolute atomic E-state index is 10.1. The van der Waals surface area contributed by atoms with Gasteiger partial charge >= 0.3 is 5.97 Å². The van der Waals surface area contributed by atoms with Crippen molar-refractivity contribution in [3.05, 3.63) is 0 Å². The van der Waals surface area contributed by atoms with Gasteiger partial charge < -0.3 is 10.2 Å². The molecule has 0 saturated carbocycles. The molecule has 0 aromatic heterocycles. The largest absolute Gasteiger partial charge is 0.481 e. The van der Waals surface area contributed by atoms with Crippen LogP contribution in [0.5, 0.6) is 0 Å². The zero-order valence-corrected chi connectivity index (χ0v) is 16.7. The molecule has 1 atom stereocenters. The fourth-order valence-electron chi connectivity index (χ4n) is 2.74. The highest BCUT2D eigenvalue weighted by Gasteiger charge is 2.05. The molecule has 3 heteroatoms. The van der Waals surface area contributed by atoms with E-state index >= 15 is 0 Å². The van der Waals surface area contributed by atoms with Crippen molar-refractivity contribution in [1.82, 2.24) is 0 Å². The third kappa shape index (κ3) is 23.7. The molecule has 24 heavy (non-hydrogen) atoms. The predicted octanol–water partition coefficient (Wildman–Crippen LogP) is 6.58. The maximum atomic E-state index is 10.1. The van der Waals surface area contributed by atoms with Gasteiger partial charge in [0.1, 0.15) is 0 Å². The molecule has 0 aliphatic carbocycles. The highest BCUT2D eigenvalue weighted by Crippen LogP contribution is 2.16. The molecule has 0 aromatic rings. The molecule has 146 valence electrons. The molecule has 0 bridgehead atoms. The fourth-order valence-corrected chi connectivity index (χ4v) is 2.74. The van der Waals surface area contributed by atoms with Gasteiger partial charge in [-0.05, 0) is 25.2 Å². The van der Waals surface area contributed by atoms with Gasteiger partial charge in [0.15, 0.2) is 0 Å². The van der Waals surface area contributed by atoms with Gasteiger partial charge in [0.05, 0.1) is 0 Å². The van der Waals surface area contributed by atoms with E-state index in [1.807, 2.05) is 0 Å². The number of aliphatic hydroxyl groups is 1. The van der Waals surface area contributed by atoms with E-state index in [0.717, 1.165) is 12.8 Å². The minimum atomic E-state index is -0.666. The summed E-state index contributed by atoms with van der Waals surface area (Å²) in [4.78, 5) is 10.1. The second kappa shape index (κ2) is 22.4. The van der Waals surface area contributed by atoms with Gasteiger partial charge in [-0.25, -0.2) is 0 Å². The van der Waals surface area contributed by atoms with Gasteiger partial charge in [0, 0.05) is 13.0 Å². The first-order chi connectivity index (χ1) is 11.6. The summed E-state index contributed by atoms with van der Waals surface area (Å²) in [5.41, 5.74) is 0. The van der Waals surface area contributed by atoms with Crippen LogP contribution in [-0.2, 0) is 4.79 Å². The van der Waals surface area contributed by atoms with Gasteiger partial charge in [0.2, 0.25) is 0 Å². The molecule has 0 radical (unpaired) electrons. The number of carboxylic acid groups (broad SMARTS) is 1. The van der Waals surface area contributed by atoms with E-state index in [-0.39, 0.29) is 0 Å². The quantitative estimate of drug-likeness (QED) is 0.311. The molecule has 0 amide bonds. The summed E-state index contributed by atoms with van der Waals surface area (Å²) in [5, 5.41) is 17.4. The van der Waals surface area contributed by atoms with Crippen molar-refractivity contribution in [2.45, 2.75) is 117 Å². The summed E-state index contributed by atoms with van der Waals surface area (Å²) in [5.74, 6) is -0.0858. The first-order valence-electron chi connectivity index (χ1n) is 10.4. The average molecular weight is 345 g/mol. The van der Waals surface area contributed by atoms with Crippen molar-refractivity contribution in [2.24, 2.45) is 5.92 Å². The molecular weight excluding hydrogens is 300 g/mol. The Morgan fingerprint density at radius 1 is 0.708 bits per heavy atom. The monoisotopic (exact) mass is 344 g/mol. The molecule has 1 unspecified atom stereocenters. The van der Waals surface area contributed by atoms with Crippen molar-refractivity contribution in [3.63, 3.8) is 0 Å². The normalized spacial score (nSPS) is 11.7. The highest BCUT2D eigenvalue weighted by atomic mass is 16.4. The first-order valence-corrected chi connectivity index (χ1v) is 10.4. The number of unbranched alkanes of at least 4 members (excludes halogenated alkanes) is 9. The lowest BCUT2D eigenvalue weighted by Crippen LogP contribution is -2.05. The number of hydrogen-bond donors (Lipinski definition) is 2. The summed E-state index contributed by atoms with van der Waals surface area (Å²) in [6.07, 6.45) is 17.5. The van der Waals surface area contributed by atoms with Crippen LogP contribution < -0.4 is 0 Å². The van der Waals surface area contributed by atoms with Crippen molar-refractivity contribution >= 4 is 5.97 Å². The number of hydrogen-bond acceptors (Lipinski definition) is 2. The van der Waals surface area contributed by atoms with E-state index in [2.05, 4.69) is 20.8 Å². The molecule has 0 spiro atoms. The lowest BCUT2D eigenvalue weighted by Gasteiger charge is -2.12. The van der Waals surface area contributed by atoms with E-state index < -0.39 is 5.97 Å². The summed E-state index contributed by atoms with van der Waals surface area (Å²) in [7, 11) is 0. The standard InChI is InChI=1S/C12H26O.C9H18O2/c1-3-5-7-8-10-12(11-13)9-6-4-2;1-2-3-4-5-6-7-8-9(10)11/h12-13H,3-11H2,1-2H3;2-8H2,1H3,(H,10,11). The van der Waals surface area contributed by atoms with E-state index in [1.54, 1.807) is 0 Å². The molecule has 0 aliphatic rings. The molecule has 3 nitrogen and oxygen atoms in total. The van der Waals surface area contributed by atoms with Crippen LogP contribution in [0.15, 0.2) is 0 Å². The fraction of sp³-hybridized carbons (Fsp3) is 0.952. The minimum absolute atomic E-state index is 0.339. The maximum Gasteiger partial charge on any atom is 0.303 e. The number of aliphatic hydroxyl groups excluding tert-OH is 1. The number of rotatable bonds is 16. The van der Waals surface area contributed by atoms with E-state index in [1.165, 1.54) is 77.0 Å². The smallest absolute Gasteiger partial charge is 0.303 e. The van der Waals surface area contributed by atoms with Crippen LogP contribution >= 0.6 is 0 Å². The van der Waals surface area contributed by atoms with Gasteiger partial charge in [-0.2, -0.15) is 0 Å². The average Bonchev–Trinajstić information content (AvgIpc) is 2.58. The van der Waals surface area contributed by atoms with Gasteiger partial charge in [-0.3, -0.25) is 4.79 Å². The first kappa shape index (κ1) is 25.7. The Morgan fingerprint density at radius 2 is 1.17 bits per heavy atom. The molecule has 0 heterocycles. The van der Waals surface area contributed by atoms with Crippen LogP contribution in [-0.4, -0.2) is 22.8 Å². The van der Waals surface area contributed by atoms with Crippen LogP contribution in [0.1, 0.15) is 117 Å². The van der Waals surface area contributed by atoms with Gasteiger partial charge in [-0.1, -0.05) is 91.4 Å². The molecule has 0 saturated heterocycles. The van der Waals surface area contributed by atoms with Gasteiger partial charge in [-0.15, -0.1) is 0 Å². The second-order valence-corrected chi connectivity index (χ2v) is 6.95. The summed E-state index contributed by atoms with van der Waals surface area (Å²) < 4.78 is 0. The molecule has 0 aliphatic heterocycles. The Bertz CT molecular complexity index is 241. The SMILES string of the molecule is CCCCCCC(CO)CCCC.CCCCCCCCC(=O)O. The second-order valence-electron chi connectivity index (χ2n) is 6.95. The lowest BCUT2D eigenvalue weighted by atomic mass is 9.96. The number of aliphatic carboxylic acids is 1. The predicted molar refractivity (Wildman–Crippen MR) is 104 cm³/mol. The van der Waals surface area contributed by atoms with E-state index in [4.69, 9.17) is 10.2 Å².